The monoisotopic (exact) mass is 566 g/mol. The maximum absolute atomic E-state index is 13.6. The van der Waals surface area contributed by atoms with Crippen molar-refractivity contribution in [1.29, 1.82) is 5.26 Å². The molecule has 4 atom stereocenters. The van der Waals surface area contributed by atoms with Crippen LogP contribution in [0.1, 0.15) is 68.5 Å². The Bertz CT molecular complexity index is 1240. The highest BCUT2D eigenvalue weighted by Gasteiger charge is 2.46. The second kappa shape index (κ2) is 10.7. The first-order valence-electron chi connectivity index (χ1n) is 13.7. The maximum atomic E-state index is 13.6. The van der Waals surface area contributed by atoms with Crippen LogP contribution >= 0.6 is 0 Å². The number of hydrogen-bond acceptors (Lipinski definition) is 5. The van der Waals surface area contributed by atoms with Gasteiger partial charge < -0.3 is 10.2 Å². The molecule has 1 N–H and O–H groups in total. The molecule has 2 aliphatic carbocycles. The summed E-state index contributed by atoms with van der Waals surface area (Å²) in [5, 5.41) is 11.3. The van der Waals surface area contributed by atoms with Gasteiger partial charge in [0.15, 0.2) is 0 Å². The molecule has 0 spiro atoms. The number of amides is 2. The zero-order chi connectivity index (χ0) is 27.9. The van der Waals surface area contributed by atoms with Crippen molar-refractivity contribution in [2.24, 2.45) is 17.8 Å². The molecule has 4 aliphatic rings. The van der Waals surface area contributed by atoms with Crippen LogP contribution in [0.15, 0.2) is 24.3 Å². The summed E-state index contributed by atoms with van der Waals surface area (Å²) in [6.07, 6.45) is 0.261. The van der Waals surface area contributed by atoms with Crippen molar-refractivity contribution >= 4 is 21.8 Å². The Kier molecular flexibility index (Phi) is 7.68. The number of carbonyl (C=O) groups is 2. The fourth-order valence-electron chi connectivity index (χ4n) is 6.15. The molecule has 2 saturated heterocycles. The van der Waals surface area contributed by atoms with E-state index in [0.29, 0.717) is 44.2 Å². The van der Waals surface area contributed by atoms with Crippen LogP contribution in [0.4, 0.5) is 13.2 Å². The van der Waals surface area contributed by atoms with Gasteiger partial charge in [-0.15, -0.1) is 0 Å². The molecule has 212 valence electrons. The number of nitrogens with zero attached hydrogens (tertiary/aromatic N) is 3. The van der Waals surface area contributed by atoms with Crippen LogP contribution in [-0.4, -0.2) is 60.4 Å². The molecule has 2 amide bonds. The van der Waals surface area contributed by atoms with Gasteiger partial charge in [-0.25, -0.2) is 8.42 Å². The van der Waals surface area contributed by atoms with Crippen molar-refractivity contribution in [2.45, 2.75) is 74.9 Å². The predicted molar refractivity (Wildman–Crippen MR) is 135 cm³/mol. The van der Waals surface area contributed by atoms with E-state index < -0.39 is 45.0 Å². The standard InChI is InChI=1S/C27H33F3N4O4S/c28-27(29,30)21-10-8-19(9-11-21)24(18-6-7-18)32-25(35)23-5-2-12-34(23)26(36)20-3-1-4-22(13-20)39(37,38)33-15-17(14-31)16-33/h8-11,17-18,20,22-24H,1-7,12-13,15-16H2,(H,32,35)/t20-,22?,23+,24-/m0/s1. The van der Waals surface area contributed by atoms with Gasteiger partial charge in [-0.05, 0) is 68.6 Å². The first kappa shape index (κ1) is 27.9. The second-order valence-corrected chi connectivity index (χ2v) is 13.5. The van der Waals surface area contributed by atoms with E-state index in [1.165, 1.54) is 16.4 Å². The molecule has 2 aliphatic heterocycles. The topological polar surface area (TPSA) is 111 Å². The smallest absolute Gasteiger partial charge is 0.347 e. The van der Waals surface area contributed by atoms with Crippen molar-refractivity contribution in [3.63, 3.8) is 0 Å². The van der Waals surface area contributed by atoms with E-state index in [2.05, 4.69) is 11.4 Å². The average molecular weight is 567 g/mol. The van der Waals surface area contributed by atoms with Gasteiger partial charge >= 0.3 is 6.18 Å². The number of rotatable bonds is 7. The molecule has 4 fully saturated rings. The summed E-state index contributed by atoms with van der Waals surface area (Å²) in [4.78, 5) is 28.5. The Morgan fingerprint density at radius 3 is 2.33 bits per heavy atom. The summed E-state index contributed by atoms with van der Waals surface area (Å²) in [6, 6.07) is 5.84. The number of benzene rings is 1. The molecule has 0 aromatic heterocycles. The Labute approximate surface area is 226 Å². The number of hydrogen-bond donors (Lipinski definition) is 1. The number of nitrogens with one attached hydrogen (secondary N) is 1. The highest BCUT2D eigenvalue weighted by atomic mass is 32.2. The van der Waals surface area contributed by atoms with Gasteiger partial charge in [0.1, 0.15) is 6.04 Å². The van der Waals surface area contributed by atoms with E-state index in [1.54, 1.807) is 4.90 Å². The van der Waals surface area contributed by atoms with Crippen LogP contribution in [-0.2, 0) is 25.8 Å². The largest absolute Gasteiger partial charge is 0.416 e. The molecule has 2 saturated carbocycles. The number of likely N-dealkylation sites (tertiary alicyclic amines) is 1. The van der Waals surface area contributed by atoms with Crippen molar-refractivity contribution in [2.75, 3.05) is 19.6 Å². The Balaban J connectivity index is 1.23. The molecule has 2 heterocycles. The minimum absolute atomic E-state index is 0.141. The second-order valence-electron chi connectivity index (χ2n) is 11.3. The van der Waals surface area contributed by atoms with Crippen LogP contribution in [0.5, 0.6) is 0 Å². The number of alkyl halides is 3. The Hall–Kier alpha value is -2.65. The molecule has 8 nitrogen and oxygen atoms in total. The minimum atomic E-state index is -4.44. The van der Waals surface area contributed by atoms with Crippen molar-refractivity contribution in [1.82, 2.24) is 14.5 Å². The highest BCUT2D eigenvalue weighted by Crippen LogP contribution is 2.42. The molecular weight excluding hydrogens is 533 g/mol. The average Bonchev–Trinajstić information content (AvgIpc) is 3.60. The number of carbonyl (C=O) groups excluding carboxylic acids is 2. The molecule has 5 rings (SSSR count). The van der Waals surface area contributed by atoms with Crippen molar-refractivity contribution in [3.05, 3.63) is 35.4 Å². The van der Waals surface area contributed by atoms with E-state index in [-0.39, 0.29) is 43.2 Å². The van der Waals surface area contributed by atoms with E-state index in [9.17, 15) is 31.2 Å². The third-order valence-electron chi connectivity index (χ3n) is 8.61. The number of nitriles is 1. The van der Waals surface area contributed by atoms with Gasteiger partial charge in [-0.1, -0.05) is 18.6 Å². The quantitative estimate of drug-likeness (QED) is 0.542. The lowest BCUT2D eigenvalue weighted by Gasteiger charge is -2.39. The summed E-state index contributed by atoms with van der Waals surface area (Å²) in [6.45, 7) is 0.808. The number of halogens is 3. The normalized spacial score (nSPS) is 27.4. The van der Waals surface area contributed by atoms with Crippen LogP contribution in [0, 0.1) is 29.1 Å². The lowest BCUT2D eigenvalue weighted by Crippen LogP contribution is -2.54. The third kappa shape index (κ3) is 5.80. The van der Waals surface area contributed by atoms with Crippen LogP contribution < -0.4 is 5.32 Å². The van der Waals surface area contributed by atoms with E-state index in [0.717, 1.165) is 25.0 Å². The SMILES string of the molecule is N#CC1CN(S(=O)(=O)C2CCC[C@H](C(=O)N3CCC[C@@H]3C(=O)N[C@H](c3ccc(C(F)(F)F)cc3)C3CC3)C2)C1. The van der Waals surface area contributed by atoms with E-state index >= 15 is 0 Å². The summed E-state index contributed by atoms with van der Waals surface area (Å²) in [5.74, 6) is -1.16. The number of sulfonamides is 1. The summed E-state index contributed by atoms with van der Waals surface area (Å²) >= 11 is 0. The molecule has 1 unspecified atom stereocenters. The van der Waals surface area contributed by atoms with Gasteiger partial charge in [0, 0.05) is 25.6 Å². The fraction of sp³-hybridized carbons (Fsp3) is 0.667. The first-order valence-corrected chi connectivity index (χ1v) is 15.2. The Morgan fingerprint density at radius 2 is 1.72 bits per heavy atom. The van der Waals surface area contributed by atoms with Gasteiger partial charge in [0.05, 0.1) is 28.8 Å². The van der Waals surface area contributed by atoms with Crippen molar-refractivity contribution < 1.29 is 31.2 Å². The third-order valence-corrected chi connectivity index (χ3v) is 10.9. The fourth-order valence-corrected chi connectivity index (χ4v) is 8.28. The van der Waals surface area contributed by atoms with Crippen LogP contribution in [0.25, 0.3) is 0 Å². The maximum Gasteiger partial charge on any atom is 0.416 e. The molecule has 1 aromatic carbocycles. The zero-order valence-corrected chi connectivity index (χ0v) is 22.4. The molecule has 1 aromatic rings. The lowest BCUT2D eigenvalue weighted by atomic mass is 9.87. The van der Waals surface area contributed by atoms with E-state index in [4.69, 9.17) is 5.26 Å². The van der Waals surface area contributed by atoms with Crippen LogP contribution in [0.3, 0.4) is 0 Å². The zero-order valence-electron chi connectivity index (χ0n) is 21.6. The highest BCUT2D eigenvalue weighted by molar-refractivity contribution is 7.89. The molecule has 0 radical (unpaired) electrons. The lowest BCUT2D eigenvalue weighted by molar-refractivity contribution is -0.142. The molecule has 12 heteroatoms. The molecular formula is C27H33F3N4O4S. The molecule has 39 heavy (non-hydrogen) atoms. The molecule has 0 bridgehead atoms. The summed E-state index contributed by atoms with van der Waals surface area (Å²) < 4.78 is 66.5. The van der Waals surface area contributed by atoms with Crippen LogP contribution in [0.2, 0.25) is 0 Å². The van der Waals surface area contributed by atoms with Crippen molar-refractivity contribution in [3.8, 4) is 6.07 Å². The minimum Gasteiger partial charge on any atom is -0.347 e. The van der Waals surface area contributed by atoms with E-state index in [1.807, 2.05) is 0 Å². The summed E-state index contributed by atoms with van der Waals surface area (Å²) in [7, 11) is -3.59. The van der Waals surface area contributed by atoms with Gasteiger partial charge in [0.25, 0.3) is 0 Å². The van der Waals surface area contributed by atoms with Gasteiger partial charge in [0.2, 0.25) is 21.8 Å². The predicted octanol–water partition coefficient (Wildman–Crippen LogP) is 3.61. The van der Waals surface area contributed by atoms with Gasteiger partial charge in [-0.2, -0.15) is 22.7 Å². The van der Waals surface area contributed by atoms with Gasteiger partial charge in [-0.3, -0.25) is 9.59 Å². The first-order chi connectivity index (χ1) is 18.5. The Morgan fingerprint density at radius 1 is 1.03 bits per heavy atom. The summed E-state index contributed by atoms with van der Waals surface area (Å²) in [5.41, 5.74) is -0.133.